The summed E-state index contributed by atoms with van der Waals surface area (Å²) >= 11 is 4.55. The summed E-state index contributed by atoms with van der Waals surface area (Å²) in [7, 11) is 0. The Balaban J connectivity index is 1.50. The van der Waals surface area contributed by atoms with Gasteiger partial charge in [0.15, 0.2) is 0 Å². The first-order valence-corrected chi connectivity index (χ1v) is 11.3. The van der Waals surface area contributed by atoms with Crippen LogP contribution in [0.1, 0.15) is 24.5 Å². The van der Waals surface area contributed by atoms with Crippen molar-refractivity contribution in [2.45, 2.75) is 25.3 Å². The van der Waals surface area contributed by atoms with Gasteiger partial charge in [-0.3, -0.25) is 4.79 Å². The van der Waals surface area contributed by atoms with E-state index >= 15 is 0 Å². The van der Waals surface area contributed by atoms with Gasteiger partial charge in [-0.05, 0) is 94.1 Å². The summed E-state index contributed by atoms with van der Waals surface area (Å²) in [5.74, 6) is 0.365. The van der Waals surface area contributed by atoms with Gasteiger partial charge in [-0.15, -0.1) is 0 Å². The predicted molar refractivity (Wildman–Crippen MR) is 126 cm³/mol. The smallest absolute Gasteiger partial charge is 0.304 e. The number of fused-ring (bicyclic) bond motifs is 3. The van der Waals surface area contributed by atoms with Crippen LogP contribution in [0.15, 0.2) is 47.0 Å². The van der Waals surface area contributed by atoms with Crippen LogP contribution in [-0.2, 0) is 11.3 Å². The molecule has 2 aromatic heterocycles. The number of rotatable bonds is 4. The number of nitrogens with zero attached hydrogens (tertiary/aromatic N) is 3. The monoisotopic (exact) mass is 611 g/mol. The van der Waals surface area contributed by atoms with Crippen LogP contribution in [0.5, 0.6) is 0 Å². The molecule has 4 aromatic rings. The average molecular weight is 611 g/mol. The van der Waals surface area contributed by atoms with Gasteiger partial charge in [0.2, 0.25) is 5.82 Å². The summed E-state index contributed by atoms with van der Waals surface area (Å²) in [6.45, 7) is 0.855. The van der Waals surface area contributed by atoms with Gasteiger partial charge in [-0.25, -0.2) is 0 Å². The van der Waals surface area contributed by atoms with E-state index in [1.54, 1.807) is 0 Å². The Hall–Kier alpha value is -1.95. The SMILES string of the molecule is O=C(O)CC1CCn2c1cc1cc(-c3noc(-c4cc(I)cc(I)c4)n3)ccc12. The standard InChI is InChI=1S/C21H15I2N3O3/c22-15-6-14(7-16(23)10-15)21-24-20(25-29-21)12-1-2-17-13(5-12)8-18-11(9-19(27)28)3-4-26(17)18/h1-2,5-8,10-11H,3-4,9H2,(H,27,28). The molecule has 0 radical (unpaired) electrons. The van der Waals surface area contributed by atoms with Crippen molar-refractivity contribution in [2.24, 2.45) is 0 Å². The minimum absolute atomic E-state index is 0.0724. The van der Waals surface area contributed by atoms with Crippen LogP contribution in [0.3, 0.4) is 0 Å². The first-order chi connectivity index (χ1) is 14.0. The third kappa shape index (κ3) is 3.56. The van der Waals surface area contributed by atoms with Crippen LogP contribution in [0, 0.1) is 7.14 Å². The highest BCUT2D eigenvalue weighted by atomic mass is 127. The van der Waals surface area contributed by atoms with E-state index in [1.165, 1.54) is 0 Å². The quantitative estimate of drug-likeness (QED) is 0.307. The van der Waals surface area contributed by atoms with Crippen molar-refractivity contribution >= 4 is 62.1 Å². The van der Waals surface area contributed by atoms with Crippen molar-refractivity contribution in [3.8, 4) is 22.8 Å². The van der Waals surface area contributed by atoms with Gasteiger partial charge >= 0.3 is 5.97 Å². The Morgan fingerprint density at radius 1 is 1.14 bits per heavy atom. The van der Waals surface area contributed by atoms with Crippen LogP contribution < -0.4 is 0 Å². The van der Waals surface area contributed by atoms with E-state index in [0.717, 1.165) is 47.8 Å². The normalized spacial score (nSPS) is 15.7. The number of hydrogen-bond acceptors (Lipinski definition) is 4. The Morgan fingerprint density at radius 2 is 1.93 bits per heavy atom. The molecule has 1 aliphatic rings. The molecule has 5 rings (SSSR count). The summed E-state index contributed by atoms with van der Waals surface area (Å²) in [5.41, 5.74) is 4.00. The molecule has 0 spiro atoms. The molecule has 0 aliphatic carbocycles. The molecule has 0 bridgehead atoms. The summed E-state index contributed by atoms with van der Waals surface area (Å²) in [6.07, 6.45) is 1.05. The maximum Gasteiger partial charge on any atom is 0.304 e. The zero-order valence-electron chi connectivity index (χ0n) is 15.1. The maximum absolute atomic E-state index is 11.1. The molecular weight excluding hydrogens is 596 g/mol. The van der Waals surface area contributed by atoms with Crippen molar-refractivity contribution in [1.29, 1.82) is 0 Å². The van der Waals surface area contributed by atoms with E-state index in [9.17, 15) is 4.79 Å². The fraction of sp³-hybridized carbons (Fsp3) is 0.190. The first kappa shape index (κ1) is 19.0. The number of aromatic nitrogens is 3. The molecule has 0 saturated carbocycles. The first-order valence-electron chi connectivity index (χ1n) is 9.13. The lowest BCUT2D eigenvalue weighted by Gasteiger charge is -2.04. The van der Waals surface area contributed by atoms with E-state index in [2.05, 4.69) is 78.1 Å². The van der Waals surface area contributed by atoms with Crippen LogP contribution in [0.2, 0.25) is 0 Å². The fourth-order valence-corrected chi connectivity index (χ4v) is 5.94. The number of carboxylic acid groups (broad SMARTS) is 1. The number of aliphatic carboxylic acids is 1. The molecule has 2 aromatic carbocycles. The predicted octanol–water partition coefficient (Wildman–Crippen LogP) is 5.53. The summed E-state index contributed by atoms with van der Waals surface area (Å²) < 4.78 is 9.97. The van der Waals surface area contributed by atoms with Crippen molar-refractivity contribution in [3.05, 3.63) is 55.3 Å². The van der Waals surface area contributed by atoms with E-state index in [0.29, 0.717) is 11.7 Å². The number of carbonyl (C=O) groups is 1. The van der Waals surface area contributed by atoms with Crippen LogP contribution in [0.4, 0.5) is 0 Å². The van der Waals surface area contributed by atoms with Crippen LogP contribution in [-0.4, -0.2) is 25.8 Å². The van der Waals surface area contributed by atoms with Gasteiger partial charge in [0.25, 0.3) is 5.89 Å². The Morgan fingerprint density at radius 3 is 2.69 bits per heavy atom. The van der Waals surface area contributed by atoms with E-state index in [-0.39, 0.29) is 12.3 Å². The molecule has 3 heterocycles. The Labute approximate surface area is 193 Å². The maximum atomic E-state index is 11.1. The molecule has 146 valence electrons. The second kappa shape index (κ2) is 7.38. The van der Waals surface area contributed by atoms with Gasteiger partial charge in [0, 0.05) is 47.3 Å². The van der Waals surface area contributed by atoms with Gasteiger partial charge in [0.1, 0.15) is 0 Å². The molecular formula is C21H15I2N3O3. The minimum Gasteiger partial charge on any atom is -0.481 e. The molecule has 0 amide bonds. The van der Waals surface area contributed by atoms with Crippen molar-refractivity contribution in [3.63, 3.8) is 0 Å². The highest BCUT2D eigenvalue weighted by molar-refractivity contribution is 14.1. The number of carboxylic acids is 1. The topological polar surface area (TPSA) is 81.1 Å². The van der Waals surface area contributed by atoms with E-state index < -0.39 is 5.97 Å². The van der Waals surface area contributed by atoms with E-state index in [4.69, 9.17) is 9.63 Å². The third-order valence-corrected chi connectivity index (χ3v) is 6.51. The molecule has 1 N–H and O–H groups in total. The molecule has 0 fully saturated rings. The Bertz CT molecular complexity index is 1240. The summed E-state index contributed by atoms with van der Waals surface area (Å²) in [5, 5.41) is 14.4. The van der Waals surface area contributed by atoms with Gasteiger partial charge < -0.3 is 14.2 Å². The second-order valence-corrected chi connectivity index (χ2v) is 9.65. The highest BCUT2D eigenvalue weighted by Crippen LogP contribution is 2.37. The molecule has 1 unspecified atom stereocenters. The summed E-state index contributed by atoms with van der Waals surface area (Å²) in [4.78, 5) is 15.7. The molecule has 6 nitrogen and oxygen atoms in total. The zero-order valence-corrected chi connectivity index (χ0v) is 19.4. The lowest BCUT2D eigenvalue weighted by atomic mass is 10.0. The molecule has 8 heteroatoms. The minimum atomic E-state index is -0.751. The average Bonchev–Trinajstić information content (AvgIpc) is 3.36. The highest BCUT2D eigenvalue weighted by Gasteiger charge is 2.27. The molecule has 1 atom stereocenters. The zero-order chi connectivity index (χ0) is 20.1. The van der Waals surface area contributed by atoms with Gasteiger partial charge in [-0.2, -0.15) is 4.98 Å². The Kier molecular flexibility index (Phi) is 4.85. The summed E-state index contributed by atoms with van der Waals surface area (Å²) in [6, 6.07) is 14.3. The molecule has 1 aliphatic heterocycles. The third-order valence-electron chi connectivity index (χ3n) is 5.27. The van der Waals surface area contributed by atoms with Gasteiger partial charge in [-0.1, -0.05) is 5.16 Å². The number of benzene rings is 2. The molecule has 29 heavy (non-hydrogen) atoms. The fourth-order valence-electron chi connectivity index (χ4n) is 4.00. The number of hydrogen-bond donors (Lipinski definition) is 1. The van der Waals surface area contributed by atoms with Crippen LogP contribution >= 0.6 is 45.2 Å². The van der Waals surface area contributed by atoms with Crippen molar-refractivity contribution in [2.75, 3.05) is 0 Å². The van der Waals surface area contributed by atoms with Crippen molar-refractivity contribution < 1.29 is 14.4 Å². The largest absolute Gasteiger partial charge is 0.481 e. The second-order valence-electron chi connectivity index (χ2n) is 7.16. The number of aryl methyl sites for hydroxylation is 1. The molecule has 0 saturated heterocycles. The number of halogens is 2. The van der Waals surface area contributed by atoms with Gasteiger partial charge in [0.05, 0.1) is 6.42 Å². The van der Waals surface area contributed by atoms with E-state index in [1.807, 2.05) is 24.3 Å². The lowest BCUT2D eigenvalue weighted by molar-refractivity contribution is -0.137. The van der Waals surface area contributed by atoms with Crippen molar-refractivity contribution in [1.82, 2.24) is 14.7 Å². The lowest BCUT2D eigenvalue weighted by Crippen LogP contribution is -2.02. The van der Waals surface area contributed by atoms with Crippen LogP contribution in [0.25, 0.3) is 33.7 Å².